The summed E-state index contributed by atoms with van der Waals surface area (Å²) in [5, 5.41) is 5.37. The molecule has 0 aliphatic heterocycles. The van der Waals surface area contributed by atoms with E-state index in [1.165, 1.54) is 19.3 Å². The summed E-state index contributed by atoms with van der Waals surface area (Å²) in [6, 6.07) is 12.2. The second-order valence-corrected chi connectivity index (χ2v) is 9.49. The quantitative estimate of drug-likeness (QED) is 0.219. The van der Waals surface area contributed by atoms with Crippen LogP contribution in [0.2, 0.25) is 0 Å². The third-order valence-corrected chi connectivity index (χ3v) is 6.58. The topological polar surface area (TPSA) is 123 Å². The molecule has 1 aliphatic rings. The predicted molar refractivity (Wildman–Crippen MR) is 163 cm³/mol. The summed E-state index contributed by atoms with van der Waals surface area (Å²) in [4.78, 5) is 26.0. The lowest BCUT2D eigenvalue weighted by Crippen LogP contribution is -2.30. The zero-order valence-corrected chi connectivity index (χ0v) is 24.3. The van der Waals surface area contributed by atoms with E-state index in [1.807, 2.05) is 48.1 Å². The number of pyridine rings is 1. The molecule has 10 nitrogen and oxygen atoms in total. The van der Waals surface area contributed by atoms with Gasteiger partial charge in [0.1, 0.15) is 5.76 Å². The van der Waals surface area contributed by atoms with Crippen LogP contribution in [0.25, 0.3) is 16.9 Å². The Morgan fingerprint density at radius 1 is 1.16 bits per heavy atom. The Bertz CT molecular complexity index is 1650. The van der Waals surface area contributed by atoms with Gasteiger partial charge in [0.05, 0.1) is 18.4 Å². The largest absolute Gasteiger partial charge is 0.496 e. The molecular formula is C31H33F3N8O2. The van der Waals surface area contributed by atoms with E-state index in [1.54, 1.807) is 18.6 Å². The van der Waals surface area contributed by atoms with Crippen LogP contribution in [0, 0.1) is 0 Å². The molecule has 0 saturated carbocycles. The average Bonchev–Trinajstić information content (AvgIpc) is 3.40. The van der Waals surface area contributed by atoms with Crippen molar-refractivity contribution in [2.45, 2.75) is 19.1 Å². The van der Waals surface area contributed by atoms with Gasteiger partial charge in [0.25, 0.3) is 0 Å². The second-order valence-electron chi connectivity index (χ2n) is 9.49. The lowest BCUT2D eigenvalue weighted by atomic mass is 10.1. The molecular weight excluding hydrogens is 573 g/mol. The van der Waals surface area contributed by atoms with Gasteiger partial charge in [-0.2, -0.15) is 13.2 Å². The number of amides is 1. The van der Waals surface area contributed by atoms with Crippen molar-refractivity contribution in [2.24, 2.45) is 5.73 Å². The highest BCUT2D eigenvalue weighted by atomic mass is 19.4. The van der Waals surface area contributed by atoms with Gasteiger partial charge in [-0.25, -0.2) is 9.97 Å². The Morgan fingerprint density at radius 3 is 2.64 bits per heavy atom. The number of nitrogens with zero attached hydrogens (tertiary/aromatic N) is 5. The first-order valence-corrected chi connectivity index (χ1v) is 13.7. The van der Waals surface area contributed by atoms with Crippen molar-refractivity contribution in [1.29, 1.82) is 0 Å². The molecule has 0 fully saturated rings. The van der Waals surface area contributed by atoms with Crippen LogP contribution >= 0.6 is 0 Å². The maximum absolute atomic E-state index is 12.6. The van der Waals surface area contributed by atoms with Crippen molar-refractivity contribution in [3.63, 3.8) is 0 Å². The highest BCUT2D eigenvalue weighted by Gasteiger charge is 2.37. The van der Waals surface area contributed by atoms with Crippen LogP contribution in [-0.2, 0) is 16.1 Å². The van der Waals surface area contributed by atoms with E-state index < -0.39 is 11.7 Å². The van der Waals surface area contributed by atoms with Crippen LogP contribution in [0.1, 0.15) is 12.0 Å². The number of aromatic nitrogens is 4. The number of carbonyl (C=O) groups is 1. The van der Waals surface area contributed by atoms with E-state index in [4.69, 9.17) is 10.7 Å². The molecule has 1 aliphatic carbocycles. The summed E-state index contributed by atoms with van der Waals surface area (Å²) in [7, 11) is 3.08. The third kappa shape index (κ3) is 8.01. The highest BCUT2D eigenvalue weighted by molar-refractivity contribution is 5.72. The number of imidazole rings is 1. The highest BCUT2D eigenvalue weighted by Crippen LogP contribution is 2.34. The first-order chi connectivity index (χ1) is 21.3. The number of carbonyl (C=O) groups excluding carboxylic acids is 1. The van der Waals surface area contributed by atoms with Crippen LogP contribution in [0.3, 0.4) is 0 Å². The molecule has 0 spiro atoms. The Kier molecular flexibility index (Phi) is 10.7. The predicted octanol–water partition coefficient (Wildman–Crippen LogP) is 4.84. The first-order valence-electron chi connectivity index (χ1n) is 13.7. The number of benzene rings is 1. The first kappa shape index (κ1) is 31.8. The number of nitrogens with one attached hydrogen (secondary N) is 2. The van der Waals surface area contributed by atoms with Gasteiger partial charge in [-0.05, 0) is 48.4 Å². The van der Waals surface area contributed by atoms with Gasteiger partial charge < -0.3 is 30.4 Å². The van der Waals surface area contributed by atoms with Crippen molar-refractivity contribution in [2.75, 3.05) is 37.5 Å². The van der Waals surface area contributed by atoms with E-state index in [2.05, 4.69) is 42.4 Å². The standard InChI is InChI=1S/C21H23N7.C10H10F3NO2/c1-23-18-4-2-3-17(13-18)19-15-28-12-10-25-20(28)21(26-19)27(11-7-22)14-16-5-8-24-9-6-16;1-16-9-4-2-3-7(14-6-15)5-8(9)10(11,12)13/h2-6,8-10,12-13,15,23H,7,11,14,22H2,1H3;3-6H,2H2,1H3,(H,14,15). The Morgan fingerprint density at radius 2 is 1.95 bits per heavy atom. The monoisotopic (exact) mass is 606 g/mol. The van der Waals surface area contributed by atoms with E-state index in [0.29, 0.717) is 26.0 Å². The number of hydrogen-bond acceptors (Lipinski definition) is 8. The molecule has 3 aromatic heterocycles. The molecule has 1 aromatic carbocycles. The minimum Gasteiger partial charge on any atom is -0.496 e. The number of rotatable bonds is 10. The summed E-state index contributed by atoms with van der Waals surface area (Å²) in [6.07, 6.45) is 9.03. The number of alkyl halides is 3. The average molecular weight is 607 g/mol. The maximum Gasteiger partial charge on any atom is 0.420 e. The SMILES string of the molecule is CNc1cccc(-c2cn3ccnc3c(N(CCN)Cc3ccncc3)n2)c1.COC1=CCC=C(NC=O)C=C1C(F)(F)F. The van der Waals surface area contributed by atoms with Gasteiger partial charge in [0.15, 0.2) is 11.5 Å². The van der Waals surface area contributed by atoms with Crippen LogP contribution in [0.15, 0.2) is 103 Å². The summed E-state index contributed by atoms with van der Waals surface area (Å²) in [5.74, 6) is 0.575. The minimum atomic E-state index is -4.52. The number of ether oxygens (including phenoxy) is 1. The Balaban J connectivity index is 0.000000236. The molecule has 230 valence electrons. The van der Waals surface area contributed by atoms with E-state index in [-0.39, 0.29) is 17.9 Å². The van der Waals surface area contributed by atoms with Crippen LogP contribution in [0.4, 0.5) is 24.7 Å². The van der Waals surface area contributed by atoms with Gasteiger partial charge in [0.2, 0.25) is 6.41 Å². The summed E-state index contributed by atoms with van der Waals surface area (Å²) in [6.45, 7) is 1.90. The van der Waals surface area contributed by atoms with Gasteiger partial charge in [-0.3, -0.25) is 9.78 Å². The molecule has 13 heteroatoms. The fraction of sp³-hybridized carbons (Fsp3) is 0.226. The molecule has 5 rings (SSSR count). The minimum absolute atomic E-state index is 0.102. The second kappa shape index (κ2) is 14.8. The van der Waals surface area contributed by atoms with E-state index in [0.717, 1.165) is 40.0 Å². The van der Waals surface area contributed by atoms with Crippen LogP contribution < -0.4 is 21.3 Å². The zero-order valence-electron chi connectivity index (χ0n) is 24.3. The molecule has 1 amide bonds. The van der Waals surface area contributed by atoms with Gasteiger partial charge in [-0.1, -0.05) is 18.2 Å². The molecule has 4 N–H and O–H groups in total. The maximum atomic E-state index is 12.6. The number of nitrogens with two attached hydrogens (primary N) is 1. The van der Waals surface area contributed by atoms with Crippen molar-refractivity contribution < 1.29 is 22.7 Å². The fourth-order valence-electron chi connectivity index (χ4n) is 4.50. The Labute approximate surface area is 252 Å². The van der Waals surface area contributed by atoms with Gasteiger partial charge in [0, 0.05) is 74.6 Å². The van der Waals surface area contributed by atoms with Crippen molar-refractivity contribution in [1.82, 2.24) is 24.7 Å². The number of hydrogen-bond donors (Lipinski definition) is 3. The van der Waals surface area contributed by atoms with Crippen LogP contribution in [-0.4, -0.2) is 59.2 Å². The molecule has 0 atom stereocenters. The lowest BCUT2D eigenvalue weighted by Gasteiger charge is -2.24. The number of halogens is 3. The van der Waals surface area contributed by atoms with Crippen molar-refractivity contribution in [3.05, 3.63) is 108 Å². The number of anilines is 2. The van der Waals surface area contributed by atoms with E-state index in [9.17, 15) is 18.0 Å². The summed E-state index contributed by atoms with van der Waals surface area (Å²) >= 11 is 0. The van der Waals surface area contributed by atoms with Gasteiger partial charge >= 0.3 is 6.18 Å². The normalized spacial score (nSPS) is 13.0. The molecule has 0 unspecified atom stereocenters. The smallest absolute Gasteiger partial charge is 0.420 e. The zero-order chi connectivity index (χ0) is 31.5. The Hall–Kier alpha value is -5.17. The van der Waals surface area contributed by atoms with Crippen molar-refractivity contribution in [3.8, 4) is 11.3 Å². The molecule has 4 aromatic rings. The number of fused-ring (bicyclic) bond motifs is 1. The number of allylic oxidation sites excluding steroid dienone is 4. The molecule has 44 heavy (non-hydrogen) atoms. The number of methoxy groups -OCH3 is 1. The van der Waals surface area contributed by atoms with E-state index >= 15 is 0 Å². The third-order valence-electron chi connectivity index (χ3n) is 6.58. The molecule has 0 radical (unpaired) electrons. The molecule has 0 bridgehead atoms. The summed E-state index contributed by atoms with van der Waals surface area (Å²) < 4.78 is 44.6. The molecule has 0 saturated heterocycles. The fourth-order valence-corrected chi connectivity index (χ4v) is 4.50. The van der Waals surface area contributed by atoms with Gasteiger partial charge in [-0.15, -0.1) is 0 Å². The summed E-state index contributed by atoms with van der Waals surface area (Å²) in [5.41, 5.74) is 10.0. The van der Waals surface area contributed by atoms with Crippen molar-refractivity contribution >= 4 is 23.6 Å². The molecule has 3 heterocycles. The van der Waals surface area contributed by atoms with Crippen LogP contribution in [0.5, 0.6) is 0 Å². The lowest BCUT2D eigenvalue weighted by molar-refractivity contribution is -0.109.